The quantitative estimate of drug-likeness (QED) is 0.0715. The van der Waals surface area contributed by atoms with Crippen molar-refractivity contribution in [3.05, 3.63) is 118 Å². The molecule has 0 aromatic heterocycles. The molecule has 0 N–H and O–H groups in total. The summed E-state index contributed by atoms with van der Waals surface area (Å²) in [6.07, 6.45) is -0.385. The molecule has 2 fully saturated rings. The Kier molecular flexibility index (Phi) is 8.36. The monoisotopic (exact) mass is 623 g/mol. The lowest BCUT2D eigenvalue weighted by molar-refractivity contribution is -0.384. The molecule has 0 bridgehead atoms. The number of hydrogen-bond acceptors (Lipinski definition) is 10. The number of benzene rings is 4. The highest BCUT2D eigenvalue weighted by molar-refractivity contribution is 6.24. The van der Waals surface area contributed by atoms with Crippen LogP contribution in [0.25, 0.3) is 0 Å². The third-order valence-corrected chi connectivity index (χ3v) is 7.72. The average molecular weight is 624 g/mol. The molecule has 0 radical (unpaired) electrons. The summed E-state index contributed by atoms with van der Waals surface area (Å²) in [5, 5.41) is 12.9. The maximum absolute atomic E-state index is 14.1. The number of nitro groups is 1. The van der Waals surface area contributed by atoms with Gasteiger partial charge in [0.25, 0.3) is 11.6 Å². The lowest BCUT2D eigenvalue weighted by atomic mass is 9.90. The molecule has 6 rings (SSSR count). The zero-order valence-electron chi connectivity index (χ0n) is 24.9. The van der Waals surface area contributed by atoms with Crippen LogP contribution in [-0.2, 0) is 14.4 Å². The highest BCUT2D eigenvalue weighted by atomic mass is 16.7. The van der Waals surface area contributed by atoms with Crippen molar-refractivity contribution in [3.63, 3.8) is 0 Å². The summed E-state index contributed by atoms with van der Waals surface area (Å²) < 4.78 is 16.8. The fraction of sp³-hybridized carbons (Fsp3) is 0.206. The molecule has 0 spiro atoms. The number of ether oxygens (including phenoxy) is 3. The predicted octanol–water partition coefficient (Wildman–Crippen LogP) is 5.66. The van der Waals surface area contributed by atoms with Crippen LogP contribution in [0.3, 0.4) is 0 Å². The molecular weight excluding hydrogens is 594 g/mol. The number of fused-ring (bicyclic) bond motifs is 1. The standard InChI is InChI=1S/C34H29N3O9/c1-3-18-44-26-15-13-23(14-16-26)35-32(38)29-30(36(46-31(29)33(35)39)24-10-7-11-25(20-24)37(41)42)22-12-17-27(28(19-22)43-2)45-34(40)21-8-5-4-6-9-21/h4-17,19-20,29-31H,3,18H2,1-2H3. The van der Waals surface area contributed by atoms with E-state index in [9.17, 15) is 24.5 Å². The average Bonchev–Trinajstić information content (AvgIpc) is 3.59. The van der Waals surface area contributed by atoms with Gasteiger partial charge in [-0.1, -0.05) is 37.3 Å². The van der Waals surface area contributed by atoms with Gasteiger partial charge in [-0.2, -0.15) is 0 Å². The predicted molar refractivity (Wildman–Crippen MR) is 166 cm³/mol. The lowest BCUT2D eigenvalue weighted by Gasteiger charge is -2.29. The molecule has 3 unspecified atom stereocenters. The van der Waals surface area contributed by atoms with Crippen LogP contribution in [0.5, 0.6) is 17.2 Å². The molecule has 2 saturated heterocycles. The van der Waals surface area contributed by atoms with Gasteiger partial charge in [0.2, 0.25) is 5.91 Å². The minimum absolute atomic E-state index is 0.137. The van der Waals surface area contributed by atoms with E-state index in [2.05, 4.69) is 0 Å². The molecule has 2 heterocycles. The van der Waals surface area contributed by atoms with Crippen molar-refractivity contribution in [2.75, 3.05) is 23.7 Å². The van der Waals surface area contributed by atoms with E-state index in [1.165, 1.54) is 36.4 Å². The van der Waals surface area contributed by atoms with Gasteiger partial charge >= 0.3 is 5.97 Å². The summed E-state index contributed by atoms with van der Waals surface area (Å²) in [6, 6.07) is 24.7. The van der Waals surface area contributed by atoms with E-state index in [1.807, 2.05) is 6.92 Å². The van der Waals surface area contributed by atoms with Gasteiger partial charge < -0.3 is 14.2 Å². The zero-order valence-corrected chi connectivity index (χ0v) is 24.9. The first-order valence-corrected chi connectivity index (χ1v) is 14.6. The minimum atomic E-state index is -1.21. The van der Waals surface area contributed by atoms with Crippen LogP contribution in [0.15, 0.2) is 97.1 Å². The number of esters is 1. The van der Waals surface area contributed by atoms with Crippen molar-refractivity contribution in [2.45, 2.75) is 25.5 Å². The van der Waals surface area contributed by atoms with E-state index < -0.39 is 40.8 Å². The van der Waals surface area contributed by atoms with Gasteiger partial charge in [-0.3, -0.25) is 24.5 Å². The Labute approximate surface area is 263 Å². The SMILES string of the molecule is CCCOc1ccc(N2C(=O)C3ON(c4cccc([N+](=O)[O-])c4)C(c4ccc(OC(=O)c5ccccc5)c(OC)c4)C3C2=O)cc1. The van der Waals surface area contributed by atoms with Crippen molar-refractivity contribution in [2.24, 2.45) is 5.92 Å². The second-order valence-corrected chi connectivity index (χ2v) is 10.6. The maximum Gasteiger partial charge on any atom is 0.343 e. The summed E-state index contributed by atoms with van der Waals surface area (Å²) in [4.78, 5) is 58.9. The highest BCUT2D eigenvalue weighted by Gasteiger charge is 2.60. The van der Waals surface area contributed by atoms with Crippen molar-refractivity contribution >= 4 is 34.8 Å². The van der Waals surface area contributed by atoms with E-state index in [0.29, 0.717) is 29.2 Å². The molecule has 46 heavy (non-hydrogen) atoms. The highest BCUT2D eigenvalue weighted by Crippen LogP contribution is 2.49. The number of anilines is 2. The number of methoxy groups -OCH3 is 1. The van der Waals surface area contributed by atoms with E-state index in [1.54, 1.807) is 72.8 Å². The van der Waals surface area contributed by atoms with Gasteiger partial charge in [0.1, 0.15) is 11.7 Å². The van der Waals surface area contributed by atoms with Crippen LogP contribution in [0.1, 0.15) is 35.3 Å². The smallest absolute Gasteiger partial charge is 0.343 e. The molecule has 3 atom stereocenters. The number of carbonyl (C=O) groups excluding carboxylic acids is 3. The zero-order chi connectivity index (χ0) is 32.4. The van der Waals surface area contributed by atoms with Gasteiger partial charge in [-0.15, -0.1) is 0 Å². The number of hydroxylamine groups is 1. The van der Waals surface area contributed by atoms with Crippen LogP contribution in [0.2, 0.25) is 0 Å². The number of nitro benzene ring substituents is 1. The van der Waals surface area contributed by atoms with E-state index in [4.69, 9.17) is 19.0 Å². The molecule has 234 valence electrons. The first-order valence-electron chi connectivity index (χ1n) is 14.6. The van der Waals surface area contributed by atoms with Gasteiger partial charge in [0, 0.05) is 12.1 Å². The van der Waals surface area contributed by atoms with Gasteiger partial charge in [-0.25, -0.2) is 14.8 Å². The first-order chi connectivity index (χ1) is 22.3. The fourth-order valence-corrected chi connectivity index (χ4v) is 5.57. The molecule has 0 saturated carbocycles. The topological polar surface area (TPSA) is 138 Å². The van der Waals surface area contributed by atoms with Crippen LogP contribution in [-0.4, -0.2) is 42.5 Å². The van der Waals surface area contributed by atoms with E-state index >= 15 is 0 Å². The van der Waals surface area contributed by atoms with E-state index in [-0.39, 0.29) is 22.9 Å². The van der Waals surface area contributed by atoms with Crippen LogP contribution in [0.4, 0.5) is 17.1 Å². The number of nitrogens with zero attached hydrogens (tertiary/aromatic N) is 3. The molecule has 4 aromatic carbocycles. The van der Waals surface area contributed by atoms with Crippen molar-refractivity contribution in [1.82, 2.24) is 0 Å². The maximum atomic E-state index is 14.1. The largest absolute Gasteiger partial charge is 0.494 e. The number of carbonyl (C=O) groups is 3. The summed E-state index contributed by atoms with van der Waals surface area (Å²) in [5.74, 6) is -1.75. The third kappa shape index (κ3) is 5.61. The Bertz CT molecular complexity index is 1800. The second kappa shape index (κ2) is 12.7. The molecule has 12 nitrogen and oxygen atoms in total. The molecule has 2 amide bonds. The van der Waals surface area contributed by atoms with Crippen molar-refractivity contribution in [3.8, 4) is 17.2 Å². The minimum Gasteiger partial charge on any atom is -0.494 e. The molecule has 4 aromatic rings. The molecule has 2 aliphatic heterocycles. The second-order valence-electron chi connectivity index (χ2n) is 10.6. The molecular formula is C34H29N3O9. The number of hydrogen-bond donors (Lipinski definition) is 0. The van der Waals surface area contributed by atoms with Gasteiger partial charge in [0.05, 0.1) is 41.6 Å². The normalized spacial score (nSPS) is 18.8. The third-order valence-electron chi connectivity index (χ3n) is 7.72. The number of imide groups is 1. The number of rotatable bonds is 10. The number of amides is 2. The Hall–Kier alpha value is -5.75. The lowest BCUT2D eigenvalue weighted by Crippen LogP contribution is -2.37. The fourth-order valence-electron chi connectivity index (χ4n) is 5.57. The van der Waals surface area contributed by atoms with Crippen molar-refractivity contribution in [1.29, 1.82) is 0 Å². The first kappa shape index (κ1) is 30.3. The molecule has 12 heteroatoms. The van der Waals surface area contributed by atoms with Crippen LogP contribution >= 0.6 is 0 Å². The Morgan fingerprint density at radius 1 is 0.891 bits per heavy atom. The summed E-state index contributed by atoms with van der Waals surface area (Å²) in [6.45, 7) is 2.52. The Morgan fingerprint density at radius 3 is 2.35 bits per heavy atom. The summed E-state index contributed by atoms with van der Waals surface area (Å²) in [5.41, 5.74) is 1.27. The van der Waals surface area contributed by atoms with E-state index in [0.717, 1.165) is 11.3 Å². The summed E-state index contributed by atoms with van der Waals surface area (Å²) in [7, 11) is 1.41. The Morgan fingerprint density at radius 2 is 1.65 bits per heavy atom. The molecule has 0 aliphatic carbocycles. The van der Waals surface area contributed by atoms with Crippen molar-refractivity contribution < 1.29 is 38.4 Å². The molecule has 2 aliphatic rings. The van der Waals surface area contributed by atoms with Gasteiger partial charge in [-0.05, 0) is 66.6 Å². The Balaban J connectivity index is 1.37. The number of non-ortho nitro benzene ring substituents is 1. The van der Waals surface area contributed by atoms with Crippen LogP contribution < -0.4 is 24.2 Å². The summed E-state index contributed by atoms with van der Waals surface area (Å²) >= 11 is 0. The van der Waals surface area contributed by atoms with Crippen LogP contribution in [0, 0.1) is 16.0 Å². The van der Waals surface area contributed by atoms with Gasteiger partial charge in [0.15, 0.2) is 17.6 Å².